The molecule has 0 saturated heterocycles. The Morgan fingerprint density at radius 3 is 2.62 bits per heavy atom. The van der Waals surface area contributed by atoms with Gasteiger partial charge in [-0.1, -0.05) is 18.0 Å². The summed E-state index contributed by atoms with van der Waals surface area (Å²) < 4.78 is 41.6. The molecule has 0 radical (unpaired) electrons. The second-order valence-electron chi connectivity index (χ2n) is 9.38. The molecule has 0 aliphatic rings. The van der Waals surface area contributed by atoms with E-state index in [1.165, 1.54) is 35.1 Å². The summed E-state index contributed by atoms with van der Waals surface area (Å²) in [6.45, 7) is 1.22. The van der Waals surface area contributed by atoms with Crippen molar-refractivity contribution in [2.75, 3.05) is 25.0 Å². The van der Waals surface area contributed by atoms with Crippen molar-refractivity contribution in [3.8, 4) is 11.3 Å². The van der Waals surface area contributed by atoms with Gasteiger partial charge >= 0.3 is 6.18 Å². The van der Waals surface area contributed by atoms with Gasteiger partial charge < -0.3 is 27.4 Å². The Labute approximate surface area is 243 Å². The fourth-order valence-corrected chi connectivity index (χ4v) is 4.45. The van der Waals surface area contributed by atoms with Crippen LogP contribution >= 0.6 is 11.6 Å². The summed E-state index contributed by atoms with van der Waals surface area (Å²) >= 11 is 6.37. The molecule has 0 bridgehead atoms. The van der Waals surface area contributed by atoms with Gasteiger partial charge in [0.05, 0.1) is 40.3 Å². The summed E-state index contributed by atoms with van der Waals surface area (Å²) in [7, 11) is 0. The number of rotatable bonds is 13. The summed E-state index contributed by atoms with van der Waals surface area (Å²) in [5.41, 5.74) is 11.3. The quantitative estimate of drug-likeness (QED) is 0.125. The monoisotopic (exact) mass is 606 g/mol. The molecule has 4 aromatic rings. The van der Waals surface area contributed by atoms with E-state index >= 15 is 0 Å². The Bertz CT molecular complexity index is 1540. The number of aromatic nitrogens is 5. The van der Waals surface area contributed by atoms with E-state index in [2.05, 4.69) is 31.0 Å². The van der Waals surface area contributed by atoms with Gasteiger partial charge in [0.25, 0.3) is 5.91 Å². The zero-order chi connectivity index (χ0) is 30.3. The molecular formula is C26H30ClF3N10O2. The smallest absolute Gasteiger partial charge is 0.355 e. The van der Waals surface area contributed by atoms with Crippen LogP contribution in [0.5, 0.6) is 0 Å². The zero-order valence-electron chi connectivity index (χ0n) is 22.3. The van der Waals surface area contributed by atoms with Crippen molar-refractivity contribution in [1.29, 1.82) is 0 Å². The number of benzene rings is 1. The number of nitrogens with zero attached hydrogens (tertiary/aromatic N) is 4. The molecule has 4 rings (SSSR count). The number of amides is 2. The molecule has 0 fully saturated rings. The zero-order valence-corrected chi connectivity index (χ0v) is 23.1. The largest absolute Gasteiger partial charge is 0.433 e. The standard InChI is InChI=1S/C26H30ClF3N10O2/c27-18-12-15(5-6-16(18)24(41)34-8-3-9-35-25(42)19(32)4-1-2-7-31)38-22-23-36-14-20(40(23)11-10-33-22)17-13-37-39-21(17)26(28,29)30/h5-6,10-14,19H,1-4,7-9,31-32H2,(H,33,38)(H,34,41)(H,35,42)(H,37,39). The Kier molecular flexibility index (Phi) is 9.98. The lowest BCUT2D eigenvalue weighted by Crippen LogP contribution is -2.41. The summed E-state index contributed by atoms with van der Waals surface area (Å²) in [5.74, 6) is -0.376. The molecule has 42 heavy (non-hydrogen) atoms. The fourth-order valence-electron chi connectivity index (χ4n) is 4.18. The molecule has 1 aromatic carbocycles. The Hall–Kier alpha value is -4.21. The molecule has 2 amide bonds. The first-order chi connectivity index (χ1) is 20.1. The second-order valence-corrected chi connectivity index (χ2v) is 9.79. The highest BCUT2D eigenvalue weighted by Gasteiger charge is 2.36. The van der Waals surface area contributed by atoms with E-state index in [0.717, 1.165) is 19.0 Å². The van der Waals surface area contributed by atoms with Crippen LogP contribution in [0.1, 0.15) is 41.7 Å². The van der Waals surface area contributed by atoms with Crippen molar-refractivity contribution in [2.45, 2.75) is 37.9 Å². The van der Waals surface area contributed by atoms with Gasteiger partial charge in [-0.2, -0.15) is 18.3 Å². The van der Waals surface area contributed by atoms with Crippen LogP contribution in [0.3, 0.4) is 0 Å². The number of hydrogen-bond donors (Lipinski definition) is 6. The number of halogens is 4. The molecule has 0 aliphatic heterocycles. The van der Waals surface area contributed by atoms with Crippen LogP contribution in [-0.2, 0) is 11.0 Å². The number of alkyl halides is 3. The predicted molar refractivity (Wildman–Crippen MR) is 151 cm³/mol. The lowest BCUT2D eigenvalue weighted by molar-refractivity contribution is -0.140. The van der Waals surface area contributed by atoms with E-state index in [9.17, 15) is 22.8 Å². The SMILES string of the molecule is NCCCCC(N)C(=O)NCCCNC(=O)c1ccc(Nc2nccn3c(-c4cn[nH]c4C(F)(F)F)cnc23)cc1Cl. The Morgan fingerprint density at radius 2 is 1.88 bits per heavy atom. The number of unbranched alkanes of at least 4 members (excludes halogenated alkanes) is 1. The third-order valence-electron chi connectivity index (χ3n) is 6.35. The van der Waals surface area contributed by atoms with Crippen LogP contribution in [0.25, 0.3) is 16.9 Å². The molecule has 224 valence electrons. The first-order valence-corrected chi connectivity index (χ1v) is 13.5. The minimum absolute atomic E-state index is 0.158. The molecule has 8 N–H and O–H groups in total. The number of nitrogens with two attached hydrogens (primary N) is 2. The van der Waals surface area contributed by atoms with Gasteiger partial charge in [0.2, 0.25) is 5.91 Å². The molecule has 0 aliphatic carbocycles. The van der Waals surface area contributed by atoms with E-state index in [1.807, 2.05) is 5.10 Å². The van der Waals surface area contributed by atoms with Gasteiger partial charge in [-0.15, -0.1) is 0 Å². The number of nitrogens with one attached hydrogen (secondary N) is 4. The van der Waals surface area contributed by atoms with Crippen molar-refractivity contribution in [1.82, 2.24) is 35.2 Å². The summed E-state index contributed by atoms with van der Waals surface area (Å²) in [5, 5.41) is 14.2. The van der Waals surface area contributed by atoms with Crippen LogP contribution in [0.2, 0.25) is 5.02 Å². The first kappa shape index (κ1) is 30.7. The number of imidazole rings is 1. The van der Waals surface area contributed by atoms with Crippen LogP contribution in [0.15, 0.2) is 43.0 Å². The predicted octanol–water partition coefficient (Wildman–Crippen LogP) is 3.23. The van der Waals surface area contributed by atoms with Crippen molar-refractivity contribution in [2.24, 2.45) is 11.5 Å². The topological polar surface area (TPSA) is 181 Å². The highest BCUT2D eigenvalue weighted by molar-refractivity contribution is 6.34. The first-order valence-electron chi connectivity index (χ1n) is 13.1. The average molecular weight is 607 g/mol. The highest BCUT2D eigenvalue weighted by Crippen LogP contribution is 2.36. The van der Waals surface area contributed by atoms with Gasteiger partial charge in [0.15, 0.2) is 11.5 Å². The molecule has 3 aromatic heterocycles. The number of anilines is 2. The summed E-state index contributed by atoms with van der Waals surface area (Å²) in [6, 6.07) is 4.07. The minimum atomic E-state index is -4.62. The summed E-state index contributed by atoms with van der Waals surface area (Å²) in [6.07, 6.45) is 3.31. The van der Waals surface area contributed by atoms with Crippen molar-refractivity contribution < 1.29 is 22.8 Å². The fraction of sp³-hybridized carbons (Fsp3) is 0.346. The van der Waals surface area contributed by atoms with E-state index in [0.29, 0.717) is 38.2 Å². The third kappa shape index (κ3) is 7.35. The van der Waals surface area contributed by atoms with Gasteiger partial charge in [0.1, 0.15) is 5.69 Å². The number of carbonyl (C=O) groups excluding carboxylic acids is 2. The average Bonchev–Trinajstić information content (AvgIpc) is 3.61. The summed E-state index contributed by atoms with van der Waals surface area (Å²) in [4.78, 5) is 33.1. The number of H-pyrrole nitrogens is 1. The van der Waals surface area contributed by atoms with Crippen LogP contribution in [0.4, 0.5) is 24.7 Å². The van der Waals surface area contributed by atoms with Crippen molar-refractivity contribution in [3.63, 3.8) is 0 Å². The molecule has 0 spiro atoms. The van der Waals surface area contributed by atoms with E-state index in [4.69, 9.17) is 23.1 Å². The van der Waals surface area contributed by atoms with Gasteiger partial charge in [-0.25, -0.2) is 9.97 Å². The maximum atomic E-state index is 13.4. The van der Waals surface area contributed by atoms with Gasteiger partial charge in [-0.05, 0) is 44.0 Å². The molecule has 1 atom stereocenters. The minimum Gasteiger partial charge on any atom is -0.355 e. The van der Waals surface area contributed by atoms with Crippen LogP contribution in [0, 0.1) is 0 Å². The number of carbonyl (C=O) groups is 2. The lowest BCUT2D eigenvalue weighted by atomic mass is 10.1. The van der Waals surface area contributed by atoms with E-state index < -0.39 is 23.8 Å². The third-order valence-corrected chi connectivity index (χ3v) is 6.66. The molecule has 16 heteroatoms. The van der Waals surface area contributed by atoms with Crippen LogP contribution < -0.4 is 27.4 Å². The molecule has 0 saturated carbocycles. The molecule has 3 heterocycles. The molecule has 1 unspecified atom stereocenters. The van der Waals surface area contributed by atoms with Crippen molar-refractivity contribution >= 4 is 40.6 Å². The lowest BCUT2D eigenvalue weighted by Gasteiger charge is -2.13. The molecule has 12 nitrogen and oxygen atoms in total. The number of fused-ring (bicyclic) bond motifs is 1. The number of aromatic amines is 1. The highest BCUT2D eigenvalue weighted by atomic mass is 35.5. The van der Waals surface area contributed by atoms with Crippen LogP contribution in [-0.4, -0.2) is 62.1 Å². The molecular weight excluding hydrogens is 577 g/mol. The Balaban J connectivity index is 1.34. The van der Waals surface area contributed by atoms with E-state index in [1.54, 1.807) is 6.07 Å². The second kappa shape index (κ2) is 13.6. The van der Waals surface area contributed by atoms with Crippen molar-refractivity contribution in [3.05, 3.63) is 59.3 Å². The van der Waals surface area contributed by atoms with E-state index in [-0.39, 0.29) is 39.2 Å². The maximum absolute atomic E-state index is 13.4. The number of hydrogen-bond acceptors (Lipinski definition) is 8. The Morgan fingerprint density at radius 1 is 1.10 bits per heavy atom. The maximum Gasteiger partial charge on any atom is 0.433 e. The van der Waals surface area contributed by atoms with Gasteiger partial charge in [0, 0.05) is 31.2 Å². The van der Waals surface area contributed by atoms with Gasteiger partial charge in [-0.3, -0.25) is 19.1 Å². The normalized spacial score (nSPS) is 12.3.